The van der Waals surface area contributed by atoms with Gasteiger partial charge in [0.25, 0.3) is 0 Å². The number of nitrogens with zero attached hydrogens (tertiary/aromatic N) is 5. The van der Waals surface area contributed by atoms with Gasteiger partial charge in [0.2, 0.25) is 17.8 Å². The number of amides is 2. The van der Waals surface area contributed by atoms with Crippen LogP contribution in [0, 0.1) is 0 Å². The highest BCUT2D eigenvalue weighted by atomic mass is 16.2. The van der Waals surface area contributed by atoms with Crippen LogP contribution in [0.1, 0.15) is 31.7 Å². The molecule has 0 bridgehead atoms. The Bertz CT molecular complexity index is 894. The fraction of sp³-hybridized carbons (Fsp3) is 0.520. The van der Waals surface area contributed by atoms with E-state index in [2.05, 4.69) is 37.2 Å². The van der Waals surface area contributed by atoms with Crippen LogP contribution in [0.5, 0.6) is 0 Å². The van der Waals surface area contributed by atoms with Crippen molar-refractivity contribution in [1.82, 2.24) is 25.1 Å². The van der Waals surface area contributed by atoms with Gasteiger partial charge < -0.3 is 15.1 Å². The van der Waals surface area contributed by atoms with E-state index in [4.69, 9.17) is 0 Å². The lowest BCUT2D eigenvalue weighted by atomic mass is 10.0. The molecule has 33 heavy (non-hydrogen) atoms. The Morgan fingerprint density at radius 1 is 0.970 bits per heavy atom. The summed E-state index contributed by atoms with van der Waals surface area (Å²) >= 11 is 0. The summed E-state index contributed by atoms with van der Waals surface area (Å²) in [6, 6.07) is 12.0. The fourth-order valence-electron chi connectivity index (χ4n) is 4.64. The first-order valence-corrected chi connectivity index (χ1v) is 12.0. The molecule has 2 aliphatic rings. The van der Waals surface area contributed by atoms with Gasteiger partial charge in [0, 0.05) is 64.1 Å². The average Bonchev–Trinajstić information content (AvgIpc) is 2.88. The zero-order valence-corrected chi connectivity index (χ0v) is 19.4. The van der Waals surface area contributed by atoms with E-state index in [9.17, 15) is 9.59 Å². The Balaban J connectivity index is 1.17. The van der Waals surface area contributed by atoms with Gasteiger partial charge in [0.05, 0.1) is 6.04 Å². The number of nitrogens with one attached hydrogen (secondary N) is 1. The van der Waals surface area contributed by atoms with Gasteiger partial charge in [0.1, 0.15) is 0 Å². The minimum atomic E-state index is -0.140. The number of piperidine rings is 1. The van der Waals surface area contributed by atoms with Crippen molar-refractivity contribution in [1.29, 1.82) is 0 Å². The second-order valence-corrected chi connectivity index (χ2v) is 8.90. The number of hydrogen-bond acceptors (Lipinski definition) is 6. The van der Waals surface area contributed by atoms with Crippen LogP contribution in [0.15, 0.2) is 48.8 Å². The first-order valence-electron chi connectivity index (χ1n) is 12.0. The van der Waals surface area contributed by atoms with Gasteiger partial charge >= 0.3 is 0 Å². The van der Waals surface area contributed by atoms with Crippen molar-refractivity contribution < 1.29 is 9.59 Å². The maximum atomic E-state index is 13.1. The second-order valence-electron chi connectivity index (χ2n) is 8.90. The number of aromatic nitrogens is 2. The molecule has 2 amide bonds. The third kappa shape index (κ3) is 6.28. The normalized spacial score (nSPS) is 18.7. The number of carbonyl (C=O) groups is 2. The average molecular weight is 451 g/mol. The predicted molar refractivity (Wildman–Crippen MR) is 128 cm³/mol. The number of likely N-dealkylation sites (tertiary alicyclic amines) is 1. The molecular formula is C25H34N6O2. The lowest BCUT2D eigenvalue weighted by molar-refractivity contribution is -0.137. The molecular weight excluding hydrogens is 416 g/mol. The Kier molecular flexibility index (Phi) is 7.88. The van der Waals surface area contributed by atoms with Gasteiger partial charge in [-0.3, -0.25) is 14.5 Å². The molecule has 2 aromatic rings. The van der Waals surface area contributed by atoms with Crippen molar-refractivity contribution in [2.45, 2.75) is 44.7 Å². The molecule has 2 fully saturated rings. The van der Waals surface area contributed by atoms with E-state index >= 15 is 0 Å². The van der Waals surface area contributed by atoms with Crippen LogP contribution in [0.2, 0.25) is 0 Å². The fourth-order valence-corrected chi connectivity index (χ4v) is 4.64. The monoisotopic (exact) mass is 450 g/mol. The summed E-state index contributed by atoms with van der Waals surface area (Å²) < 4.78 is 0. The van der Waals surface area contributed by atoms with E-state index in [1.54, 1.807) is 12.4 Å². The van der Waals surface area contributed by atoms with Crippen LogP contribution < -0.4 is 10.2 Å². The first kappa shape index (κ1) is 23.2. The molecule has 8 nitrogen and oxygen atoms in total. The van der Waals surface area contributed by atoms with E-state index < -0.39 is 0 Å². The minimum absolute atomic E-state index is 0.113. The highest BCUT2D eigenvalue weighted by molar-refractivity contribution is 5.81. The standard InChI is InChI=1S/C25H34N6O2/c1-20(24(33)30-16-18-31(19-17-30)25-26-12-5-13-27-25)29-14-10-22(11-15-29)28-23(32)9-8-21-6-3-2-4-7-21/h2-7,12-13,20,22H,8-11,14-19H2,1H3,(H,28,32). The second kappa shape index (κ2) is 11.2. The smallest absolute Gasteiger partial charge is 0.239 e. The Labute approximate surface area is 196 Å². The molecule has 1 atom stereocenters. The Morgan fingerprint density at radius 3 is 2.30 bits per heavy atom. The number of piperazine rings is 1. The molecule has 1 aromatic carbocycles. The third-order valence-corrected chi connectivity index (χ3v) is 6.71. The molecule has 3 heterocycles. The van der Waals surface area contributed by atoms with Crippen molar-refractivity contribution >= 4 is 17.8 Å². The number of aryl methyl sites for hydroxylation is 1. The maximum Gasteiger partial charge on any atom is 0.239 e. The summed E-state index contributed by atoms with van der Waals surface area (Å²) in [5, 5.41) is 3.18. The van der Waals surface area contributed by atoms with Gasteiger partial charge in [0.15, 0.2) is 0 Å². The van der Waals surface area contributed by atoms with Crippen molar-refractivity contribution in [2.24, 2.45) is 0 Å². The maximum absolute atomic E-state index is 13.1. The number of carbonyl (C=O) groups excluding carboxylic acids is 2. The van der Waals surface area contributed by atoms with Crippen LogP contribution in [-0.4, -0.2) is 82.9 Å². The molecule has 1 unspecified atom stereocenters. The van der Waals surface area contributed by atoms with Crippen molar-refractivity contribution in [2.75, 3.05) is 44.2 Å². The summed E-state index contributed by atoms with van der Waals surface area (Å²) in [5.41, 5.74) is 1.19. The predicted octanol–water partition coefficient (Wildman–Crippen LogP) is 1.73. The molecule has 8 heteroatoms. The third-order valence-electron chi connectivity index (χ3n) is 6.71. The van der Waals surface area contributed by atoms with Crippen molar-refractivity contribution in [3.05, 3.63) is 54.4 Å². The van der Waals surface area contributed by atoms with Gasteiger partial charge in [-0.15, -0.1) is 0 Å². The molecule has 1 N–H and O–H groups in total. The molecule has 0 aliphatic carbocycles. The van der Waals surface area contributed by atoms with Crippen LogP contribution in [0.25, 0.3) is 0 Å². The SMILES string of the molecule is CC(C(=O)N1CCN(c2ncccn2)CC1)N1CCC(NC(=O)CCc2ccccc2)CC1. The highest BCUT2D eigenvalue weighted by Crippen LogP contribution is 2.17. The topological polar surface area (TPSA) is 81.7 Å². The molecule has 176 valence electrons. The van der Waals surface area contributed by atoms with E-state index in [1.807, 2.05) is 36.1 Å². The summed E-state index contributed by atoms with van der Waals surface area (Å²) in [7, 11) is 0. The number of benzene rings is 1. The zero-order chi connectivity index (χ0) is 23.0. The Morgan fingerprint density at radius 2 is 1.64 bits per heavy atom. The summed E-state index contributed by atoms with van der Waals surface area (Å²) in [6.07, 6.45) is 6.54. The van der Waals surface area contributed by atoms with Crippen molar-refractivity contribution in [3.63, 3.8) is 0 Å². The molecule has 1 aromatic heterocycles. The molecule has 0 radical (unpaired) electrons. The van der Waals surface area contributed by atoms with E-state index in [1.165, 1.54) is 5.56 Å². The quantitative estimate of drug-likeness (QED) is 0.692. The molecule has 0 spiro atoms. The van der Waals surface area contributed by atoms with Crippen LogP contribution in [0.4, 0.5) is 5.95 Å². The molecule has 2 saturated heterocycles. The van der Waals surface area contributed by atoms with Crippen LogP contribution in [0.3, 0.4) is 0 Å². The Hall–Kier alpha value is -3.00. The molecule has 2 aliphatic heterocycles. The zero-order valence-electron chi connectivity index (χ0n) is 19.4. The highest BCUT2D eigenvalue weighted by Gasteiger charge is 2.31. The summed E-state index contributed by atoms with van der Waals surface area (Å²) in [5.74, 6) is 1.03. The number of rotatable bonds is 7. The van der Waals surface area contributed by atoms with Crippen molar-refractivity contribution in [3.8, 4) is 0 Å². The van der Waals surface area contributed by atoms with Crippen LogP contribution in [-0.2, 0) is 16.0 Å². The summed E-state index contributed by atoms with van der Waals surface area (Å²) in [4.78, 5) is 40.4. The van der Waals surface area contributed by atoms with Gasteiger partial charge in [-0.25, -0.2) is 9.97 Å². The van der Waals surface area contributed by atoms with E-state index in [0.29, 0.717) is 19.5 Å². The largest absolute Gasteiger partial charge is 0.353 e. The molecule has 0 saturated carbocycles. The lowest BCUT2D eigenvalue weighted by Crippen LogP contribution is -2.56. The van der Waals surface area contributed by atoms with E-state index in [-0.39, 0.29) is 23.9 Å². The summed E-state index contributed by atoms with van der Waals surface area (Å²) in [6.45, 7) is 6.54. The lowest BCUT2D eigenvalue weighted by Gasteiger charge is -2.40. The van der Waals surface area contributed by atoms with Gasteiger partial charge in [-0.1, -0.05) is 30.3 Å². The van der Waals surface area contributed by atoms with E-state index in [0.717, 1.165) is 51.4 Å². The van der Waals surface area contributed by atoms with Crippen LogP contribution >= 0.6 is 0 Å². The first-order chi connectivity index (χ1) is 16.1. The van der Waals surface area contributed by atoms with Gasteiger partial charge in [-0.2, -0.15) is 0 Å². The number of anilines is 1. The van der Waals surface area contributed by atoms with Gasteiger partial charge in [-0.05, 0) is 37.8 Å². The number of hydrogen-bond donors (Lipinski definition) is 1. The minimum Gasteiger partial charge on any atom is -0.353 e. The molecule has 4 rings (SSSR count).